The van der Waals surface area contributed by atoms with E-state index in [4.69, 9.17) is 0 Å². The third kappa shape index (κ3) is 11.4. The molecule has 0 aliphatic rings. The van der Waals surface area contributed by atoms with E-state index in [9.17, 15) is 0 Å². The van der Waals surface area contributed by atoms with Gasteiger partial charge >= 0.3 is 0 Å². The van der Waals surface area contributed by atoms with Crippen LogP contribution in [0, 0.1) is 0 Å². The zero-order valence-corrected chi connectivity index (χ0v) is 64.0. The molecule has 0 radical (unpaired) electrons. The minimum absolute atomic E-state index is 0.105. The van der Waals surface area contributed by atoms with Crippen molar-refractivity contribution >= 4 is 141 Å². The van der Waals surface area contributed by atoms with E-state index in [2.05, 4.69) is 415 Å². The summed E-state index contributed by atoms with van der Waals surface area (Å²) in [5.74, 6) is 0. The second-order valence-electron chi connectivity index (χ2n) is 32.1. The van der Waals surface area contributed by atoms with E-state index in [0.717, 1.165) is 101 Å². The SMILES string of the molecule is CC(C)(C)c1cc(N(c2cccc(-c3cc(C(C)(C)C)cc(C(C)(C)C)c3)c2)c2c(-c3ccc4sc5ccccc5c4c3)cccc2-n2c3ccccc3c3ccccc32)cc(N(c2ccc(-c3ccccc3)cc2)c2c(-c3cccc4sc5ccccc5c34)cccc2-n2c3ccccc3c3ccccc32)c1. The Bertz CT molecular complexity index is 6620. The second-order valence-corrected chi connectivity index (χ2v) is 34.3. The summed E-state index contributed by atoms with van der Waals surface area (Å²) >= 11 is 3.73. The minimum atomic E-state index is -0.380. The zero-order valence-electron chi connectivity index (χ0n) is 62.4. The largest absolute Gasteiger partial charge is 0.308 e. The van der Waals surface area contributed by atoms with E-state index in [1.807, 2.05) is 22.7 Å². The van der Waals surface area contributed by atoms with Crippen molar-refractivity contribution in [1.82, 2.24) is 9.13 Å². The summed E-state index contributed by atoms with van der Waals surface area (Å²) in [5, 5.41) is 9.82. The summed E-state index contributed by atoms with van der Waals surface area (Å²) in [7, 11) is 0. The van der Waals surface area contributed by atoms with Crippen LogP contribution in [0.25, 0.3) is 140 Å². The molecule has 0 spiro atoms. The van der Waals surface area contributed by atoms with Gasteiger partial charge < -0.3 is 18.9 Å². The zero-order chi connectivity index (χ0) is 73.3. The highest BCUT2D eigenvalue weighted by Crippen LogP contribution is 2.55. The smallest absolute Gasteiger partial charge is 0.0781 e. The number of benzene rings is 15. The van der Waals surface area contributed by atoms with Crippen LogP contribution in [-0.4, -0.2) is 9.13 Å². The summed E-state index contributed by atoms with van der Waals surface area (Å²) < 4.78 is 10.1. The van der Waals surface area contributed by atoms with Crippen LogP contribution in [0.1, 0.15) is 79.0 Å². The molecule has 4 heterocycles. The van der Waals surface area contributed by atoms with Crippen molar-refractivity contribution in [2.75, 3.05) is 9.80 Å². The van der Waals surface area contributed by atoms with Gasteiger partial charge in [-0.1, -0.05) is 287 Å². The molecule has 0 amide bonds. The van der Waals surface area contributed by atoms with Gasteiger partial charge in [0.25, 0.3) is 0 Å². The van der Waals surface area contributed by atoms with E-state index >= 15 is 0 Å². The lowest BCUT2D eigenvalue weighted by Crippen LogP contribution is -2.20. The van der Waals surface area contributed by atoms with E-state index < -0.39 is 0 Å². The summed E-state index contributed by atoms with van der Waals surface area (Å²) in [6.45, 7) is 21.2. The molecule has 0 atom stereocenters. The van der Waals surface area contributed by atoms with Crippen molar-refractivity contribution in [2.24, 2.45) is 0 Å². The fourth-order valence-corrected chi connectivity index (χ4v) is 18.8. The van der Waals surface area contributed by atoms with Crippen molar-refractivity contribution in [3.63, 3.8) is 0 Å². The number of aromatic nitrogens is 2. The number of hydrogen-bond donors (Lipinski definition) is 0. The molecule has 6 heteroatoms. The Morgan fingerprint density at radius 3 is 1.21 bits per heavy atom. The van der Waals surface area contributed by atoms with Gasteiger partial charge in [0.2, 0.25) is 0 Å². The first-order valence-corrected chi connectivity index (χ1v) is 39.3. The third-order valence-electron chi connectivity index (χ3n) is 22.1. The van der Waals surface area contributed by atoms with Crippen molar-refractivity contribution in [3.05, 3.63) is 350 Å². The van der Waals surface area contributed by atoms with Gasteiger partial charge in [-0.3, -0.25) is 0 Å². The molecule has 0 unspecified atom stereocenters. The van der Waals surface area contributed by atoms with Gasteiger partial charge in [0.1, 0.15) is 0 Å². The van der Waals surface area contributed by atoms with Crippen LogP contribution in [0.2, 0.25) is 0 Å². The molecular formula is C102H82N4S2. The van der Waals surface area contributed by atoms with Crippen LogP contribution in [0.5, 0.6) is 0 Å². The first-order valence-electron chi connectivity index (χ1n) is 37.7. The summed E-state index contributed by atoms with van der Waals surface area (Å²) in [5.41, 5.74) is 25.2. The fourth-order valence-electron chi connectivity index (χ4n) is 16.6. The molecule has 0 aliphatic heterocycles. The Labute approximate surface area is 639 Å². The molecule has 19 aromatic rings. The molecule has 0 bridgehead atoms. The van der Waals surface area contributed by atoms with E-state index in [-0.39, 0.29) is 16.2 Å². The molecule has 19 rings (SSSR count). The molecule has 15 aromatic carbocycles. The molecule has 0 N–H and O–H groups in total. The van der Waals surface area contributed by atoms with Gasteiger partial charge in [0, 0.05) is 95.8 Å². The van der Waals surface area contributed by atoms with Crippen molar-refractivity contribution in [2.45, 2.75) is 78.6 Å². The molecule has 0 saturated carbocycles. The van der Waals surface area contributed by atoms with Crippen LogP contribution in [0.15, 0.2) is 334 Å². The average molecular weight is 1430 g/mol. The highest BCUT2D eigenvalue weighted by atomic mass is 32.1. The van der Waals surface area contributed by atoms with Crippen LogP contribution in [-0.2, 0) is 16.2 Å². The lowest BCUT2D eigenvalue weighted by Gasteiger charge is -2.35. The number of anilines is 6. The standard InChI is InChI=1S/C102H82N4S2/c1-100(2,3)70-57-69(58-71(61-70)101(4,5)6)67-31-25-32-74(59-67)104(98-77(68-53-56-95-86(60-68)82-37-17-23-48-93(82)107-95)39-26-46-91(98)105-87-42-19-13-33-78(87)79-34-14-20-43-88(79)105)76-63-72(102(7,8)9)62-75(64-76)103(73-54-51-66(52-55-73)65-29-11-10-12-30-65)99-84(83-40-28-50-96-97(83)85-38-18-24-49-94(85)108-96)41-27-47-92(99)106-89-44-21-15-35-80(89)81-36-16-22-45-90(81)106/h10-64H,1-9H3. The number of nitrogens with zero attached hydrogens (tertiary/aromatic N) is 4. The molecule has 0 saturated heterocycles. The number of rotatable bonds is 12. The first-order chi connectivity index (χ1) is 52.5. The predicted octanol–water partition coefficient (Wildman–Crippen LogP) is 30.1. The summed E-state index contributed by atoms with van der Waals surface area (Å²) in [4.78, 5) is 5.25. The molecule has 4 nitrogen and oxygen atoms in total. The van der Waals surface area contributed by atoms with Gasteiger partial charge in [0.05, 0.1) is 44.8 Å². The van der Waals surface area contributed by atoms with Crippen LogP contribution in [0.3, 0.4) is 0 Å². The first kappa shape index (κ1) is 66.6. The Morgan fingerprint density at radius 1 is 0.231 bits per heavy atom. The Morgan fingerprint density at radius 2 is 0.639 bits per heavy atom. The Hall–Kier alpha value is -12.1. The van der Waals surface area contributed by atoms with E-state index in [0.29, 0.717) is 0 Å². The predicted molar refractivity (Wildman–Crippen MR) is 468 cm³/mol. The Kier molecular flexibility index (Phi) is 16.0. The Balaban J connectivity index is 0.970. The minimum Gasteiger partial charge on any atom is -0.308 e. The third-order valence-corrected chi connectivity index (χ3v) is 24.4. The van der Waals surface area contributed by atoms with E-state index in [1.54, 1.807) is 0 Å². The number of fused-ring (bicyclic) bond motifs is 12. The van der Waals surface area contributed by atoms with E-state index in [1.165, 1.54) is 89.7 Å². The second kappa shape index (κ2) is 25.9. The summed E-state index contributed by atoms with van der Waals surface area (Å²) in [6.07, 6.45) is 0. The van der Waals surface area contributed by atoms with Crippen LogP contribution < -0.4 is 9.80 Å². The van der Waals surface area contributed by atoms with Crippen LogP contribution >= 0.6 is 22.7 Å². The lowest BCUT2D eigenvalue weighted by atomic mass is 9.79. The van der Waals surface area contributed by atoms with Gasteiger partial charge in [-0.2, -0.15) is 0 Å². The molecule has 0 fully saturated rings. The van der Waals surface area contributed by atoms with Crippen molar-refractivity contribution < 1.29 is 0 Å². The topological polar surface area (TPSA) is 16.3 Å². The maximum absolute atomic E-state index is 2.64. The highest BCUT2D eigenvalue weighted by Gasteiger charge is 2.32. The summed E-state index contributed by atoms with van der Waals surface area (Å²) in [6, 6.07) is 126. The van der Waals surface area contributed by atoms with Crippen LogP contribution in [0.4, 0.5) is 34.1 Å². The quantitative estimate of drug-likeness (QED) is 0.121. The van der Waals surface area contributed by atoms with Crippen molar-refractivity contribution in [1.29, 1.82) is 0 Å². The van der Waals surface area contributed by atoms with Gasteiger partial charge in [-0.05, 0) is 176 Å². The lowest BCUT2D eigenvalue weighted by molar-refractivity contribution is 0.569. The molecule has 4 aromatic heterocycles. The normalized spacial score (nSPS) is 12.3. The maximum atomic E-state index is 2.64. The molecule has 108 heavy (non-hydrogen) atoms. The van der Waals surface area contributed by atoms with Gasteiger partial charge in [-0.15, -0.1) is 22.7 Å². The monoisotopic (exact) mass is 1430 g/mol. The van der Waals surface area contributed by atoms with Gasteiger partial charge in [0.15, 0.2) is 0 Å². The maximum Gasteiger partial charge on any atom is 0.0781 e. The van der Waals surface area contributed by atoms with Gasteiger partial charge in [-0.25, -0.2) is 0 Å². The number of hydrogen-bond acceptors (Lipinski definition) is 4. The number of thiophene rings is 2. The van der Waals surface area contributed by atoms with Crippen molar-refractivity contribution in [3.8, 4) is 55.9 Å². The number of para-hydroxylation sites is 6. The molecular weight excluding hydrogens is 1350 g/mol. The molecule has 522 valence electrons. The fraction of sp³-hybridized carbons (Fsp3) is 0.118. The highest BCUT2D eigenvalue weighted by molar-refractivity contribution is 7.26. The molecule has 0 aliphatic carbocycles. The average Bonchev–Trinajstić information content (AvgIpc) is 1.48.